The van der Waals surface area contributed by atoms with Crippen LogP contribution < -0.4 is 11.2 Å². The fourth-order valence-corrected chi connectivity index (χ4v) is 3.57. The van der Waals surface area contributed by atoms with Crippen molar-refractivity contribution in [2.75, 3.05) is 0 Å². The van der Waals surface area contributed by atoms with Crippen LogP contribution in [0, 0.1) is 13.8 Å². The molecule has 0 atom stereocenters. The normalized spacial score (nSPS) is 11.6. The van der Waals surface area contributed by atoms with Crippen LogP contribution in [0.3, 0.4) is 0 Å². The molecule has 2 heterocycles. The molecule has 0 unspecified atom stereocenters. The molecular formula is C23H22N4O2. The average molecular weight is 386 g/mol. The Hall–Kier alpha value is -3.67. The van der Waals surface area contributed by atoms with E-state index in [0.29, 0.717) is 10.9 Å². The van der Waals surface area contributed by atoms with Crippen molar-refractivity contribution in [2.45, 2.75) is 27.2 Å². The molecule has 0 radical (unpaired) electrons. The Morgan fingerprint density at radius 3 is 2.48 bits per heavy atom. The Labute approximate surface area is 167 Å². The summed E-state index contributed by atoms with van der Waals surface area (Å²) in [6.45, 7) is 6.15. The minimum atomic E-state index is -0.561. The Kier molecular flexibility index (Phi) is 4.76. The monoisotopic (exact) mass is 386 g/mol. The van der Waals surface area contributed by atoms with Gasteiger partial charge in [0, 0.05) is 22.6 Å². The maximum atomic E-state index is 12.6. The second kappa shape index (κ2) is 7.39. The molecule has 0 aliphatic carbocycles. The molecular weight excluding hydrogens is 364 g/mol. The van der Waals surface area contributed by atoms with Crippen LogP contribution in [-0.4, -0.2) is 20.4 Å². The summed E-state index contributed by atoms with van der Waals surface area (Å²) < 4.78 is 3.00. The van der Waals surface area contributed by atoms with Gasteiger partial charge < -0.3 is 9.55 Å². The summed E-state index contributed by atoms with van der Waals surface area (Å²) in [7, 11) is 0. The molecule has 29 heavy (non-hydrogen) atoms. The Bertz CT molecular complexity index is 1340. The molecule has 0 saturated carbocycles. The molecule has 1 N–H and O–H groups in total. The van der Waals surface area contributed by atoms with Gasteiger partial charge in [0.05, 0.1) is 17.1 Å². The molecule has 6 heteroatoms. The predicted octanol–water partition coefficient (Wildman–Crippen LogP) is 3.54. The highest BCUT2D eigenvalue weighted by Crippen LogP contribution is 2.20. The second-order valence-electron chi connectivity index (χ2n) is 7.02. The number of hydrogen-bond donors (Lipinski definition) is 1. The van der Waals surface area contributed by atoms with Crippen molar-refractivity contribution >= 4 is 17.1 Å². The van der Waals surface area contributed by atoms with Gasteiger partial charge in [-0.05, 0) is 56.2 Å². The molecule has 2 aromatic heterocycles. The number of benzene rings is 2. The maximum absolute atomic E-state index is 12.6. The van der Waals surface area contributed by atoms with Crippen LogP contribution in [0.2, 0.25) is 0 Å². The molecule has 0 aliphatic rings. The van der Waals surface area contributed by atoms with E-state index >= 15 is 0 Å². The van der Waals surface area contributed by atoms with E-state index in [-0.39, 0.29) is 0 Å². The van der Waals surface area contributed by atoms with Crippen LogP contribution in [0.15, 0.2) is 69.3 Å². The fraction of sp³-hybridized carbons (Fsp3) is 0.174. The molecule has 4 aromatic rings. The number of fused-ring (bicyclic) bond motifs is 1. The molecule has 4 rings (SSSR count). The number of nitrogens with one attached hydrogen (secondary N) is 1. The van der Waals surface area contributed by atoms with Gasteiger partial charge in [0.15, 0.2) is 0 Å². The van der Waals surface area contributed by atoms with Gasteiger partial charge in [-0.25, -0.2) is 4.79 Å². The molecule has 146 valence electrons. The van der Waals surface area contributed by atoms with E-state index in [9.17, 15) is 9.59 Å². The maximum Gasteiger partial charge on any atom is 0.349 e. The number of aromatic amines is 1. The smallest absolute Gasteiger partial charge is 0.318 e. The van der Waals surface area contributed by atoms with Crippen LogP contribution in [0.25, 0.3) is 16.6 Å². The third-order valence-electron chi connectivity index (χ3n) is 5.17. The highest BCUT2D eigenvalue weighted by molar-refractivity contribution is 5.82. The van der Waals surface area contributed by atoms with E-state index in [4.69, 9.17) is 0 Å². The molecule has 0 saturated heterocycles. The van der Waals surface area contributed by atoms with Gasteiger partial charge in [-0.3, -0.25) is 4.79 Å². The molecule has 0 fully saturated rings. The van der Waals surface area contributed by atoms with E-state index in [1.807, 2.05) is 19.9 Å². The van der Waals surface area contributed by atoms with E-state index in [1.54, 1.807) is 30.5 Å². The Morgan fingerprint density at radius 2 is 1.76 bits per heavy atom. The van der Waals surface area contributed by atoms with Gasteiger partial charge in [0.2, 0.25) is 0 Å². The van der Waals surface area contributed by atoms with Gasteiger partial charge in [0.25, 0.3) is 5.56 Å². The SMILES string of the molecule is CCc1ccc(-n2c(C)cc(C=Nn3c(=O)[nH]c4ccccc4c3=O)c2C)cc1. The van der Waals surface area contributed by atoms with Gasteiger partial charge >= 0.3 is 5.69 Å². The Balaban J connectivity index is 1.76. The summed E-state index contributed by atoms with van der Waals surface area (Å²) in [6, 6.07) is 17.3. The van der Waals surface area contributed by atoms with Crippen molar-refractivity contribution in [3.05, 3.63) is 98.0 Å². The summed E-state index contributed by atoms with van der Waals surface area (Å²) in [5.74, 6) is 0. The first-order valence-corrected chi connectivity index (χ1v) is 9.56. The number of hydrogen-bond acceptors (Lipinski definition) is 3. The molecule has 0 spiro atoms. The molecule has 0 bridgehead atoms. The van der Waals surface area contributed by atoms with E-state index < -0.39 is 11.2 Å². The molecule has 0 aliphatic heterocycles. The minimum Gasteiger partial charge on any atom is -0.318 e. The largest absolute Gasteiger partial charge is 0.349 e. The van der Waals surface area contributed by atoms with Crippen LogP contribution in [-0.2, 0) is 6.42 Å². The lowest BCUT2D eigenvalue weighted by atomic mass is 10.1. The zero-order valence-corrected chi connectivity index (χ0v) is 16.6. The standard InChI is InChI=1S/C23H22N4O2/c1-4-17-9-11-19(12-10-17)26-15(2)13-18(16(26)3)14-24-27-22(28)20-7-5-6-8-21(20)25-23(27)29/h5-14H,4H2,1-3H3,(H,25,29). The summed E-state index contributed by atoms with van der Waals surface area (Å²) in [5.41, 5.74) is 4.74. The lowest BCUT2D eigenvalue weighted by Crippen LogP contribution is -2.32. The van der Waals surface area contributed by atoms with Crippen molar-refractivity contribution in [1.82, 2.24) is 14.2 Å². The first kappa shape index (κ1) is 18.7. The zero-order valence-electron chi connectivity index (χ0n) is 16.6. The van der Waals surface area contributed by atoms with Gasteiger partial charge in [-0.1, -0.05) is 31.2 Å². The van der Waals surface area contributed by atoms with Crippen molar-refractivity contribution in [1.29, 1.82) is 0 Å². The summed E-state index contributed by atoms with van der Waals surface area (Å²) in [5, 5.41) is 4.61. The molecule has 0 amide bonds. The number of para-hydroxylation sites is 1. The molecule has 2 aromatic carbocycles. The first-order valence-electron chi connectivity index (χ1n) is 9.56. The summed E-state index contributed by atoms with van der Waals surface area (Å²) in [6.07, 6.45) is 2.56. The van der Waals surface area contributed by atoms with Crippen molar-refractivity contribution in [3.63, 3.8) is 0 Å². The van der Waals surface area contributed by atoms with Crippen molar-refractivity contribution in [3.8, 4) is 5.69 Å². The summed E-state index contributed by atoms with van der Waals surface area (Å²) in [4.78, 5) is 27.6. The summed E-state index contributed by atoms with van der Waals surface area (Å²) >= 11 is 0. The lowest BCUT2D eigenvalue weighted by Gasteiger charge is -2.10. The zero-order chi connectivity index (χ0) is 20.5. The topological polar surface area (TPSA) is 72.2 Å². The van der Waals surface area contributed by atoms with Gasteiger partial charge in [0.1, 0.15) is 0 Å². The fourth-order valence-electron chi connectivity index (χ4n) is 3.57. The third-order valence-corrected chi connectivity index (χ3v) is 5.17. The number of H-pyrrole nitrogens is 1. The first-order chi connectivity index (χ1) is 14.0. The van der Waals surface area contributed by atoms with Crippen LogP contribution >= 0.6 is 0 Å². The predicted molar refractivity (Wildman–Crippen MR) is 116 cm³/mol. The van der Waals surface area contributed by atoms with Crippen LogP contribution in [0.1, 0.15) is 29.4 Å². The average Bonchev–Trinajstić information content (AvgIpc) is 3.01. The van der Waals surface area contributed by atoms with Crippen LogP contribution in [0.4, 0.5) is 0 Å². The van der Waals surface area contributed by atoms with E-state index in [2.05, 4.69) is 45.8 Å². The van der Waals surface area contributed by atoms with Crippen molar-refractivity contribution in [2.24, 2.45) is 5.10 Å². The number of aromatic nitrogens is 3. The quantitative estimate of drug-likeness (QED) is 0.545. The minimum absolute atomic E-state index is 0.422. The highest BCUT2D eigenvalue weighted by Gasteiger charge is 2.10. The lowest BCUT2D eigenvalue weighted by molar-refractivity contribution is 0.771. The highest BCUT2D eigenvalue weighted by atomic mass is 16.2. The number of nitrogens with zero attached hydrogens (tertiary/aromatic N) is 3. The van der Waals surface area contributed by atoms with E-state index in [1.165, 1.54) is 5.56 Å². The third kappa shape index (κ3) is 3.33. The second-order valence-corrected chi connectivity index (χ2v) is 7.02. The van der Waals surface area contributed by atoms with Gasteiger partial charge in [-0.2, -0.15) is 5.10 Å². The Morgan fingerprint density at radius 1 is 1.03 bits per heavy atom. The molecule has 6 nitrogen and oxygen atoms in total. The van der Waals surface area contributed by atoms with Crippen molar-refractivity contribution < 1.29 is 0 Å². The van der Waals surface area contributed by atoms with Crippen LogP contribution in [0.5, 0.6) is 0 Å². The number of rotatable bonds is 4. The van der Waals surface area contributed by atoms with Gasteiger partial charge in [-0.15, -0.1) is 4.68 Å². The number of aryl methyl sites for hydroxylation is 2. The van der Waals surface area contributed by atoms with E-state index in [0.717, 1.165) is 33.7 Å².